The largest absolute Gasteiger partial charge is 0.499 e. The van der Waals surface area contributed by atoms with Crippen molar-refractivity contribution in [2.24, 2.45) is 0 Å². The number of hydrogen-bond donors (Lipinski definition) is 0. The number of ether oxygens (including phenoxy) is 1. The third kappa shape index (κ3) is 3.35. The SMILES string of the molecule is O=[N+]([O-])c1cc(Cl)c(OC(F)(F)C(F)(F)F)cc1Cl. The summed E-state index contributed by atoms with van der Waals surface area (Å²) in [6, 6.07) is 0.910. The number of rotatable bonds is 3. The molecule has 4 nitrogen and oxygen atoms in total. The number of nitro benzene ring substituents is 1. The molecule has 0 fully saturated rings. The summed E-state index contributed by atoms with van der Waals surface area (Å²) in [6.07, 6.45) is -11.5. The molecule has 19 heavy (non-hydrogen) atoms. The Morgan fingerprint density at radius 3 is 2.05 bits per heavy atom. The number of alkyl halides is 5. The molecule has 0 amide bonds. The van der Waals surface area contributed by atoms with Crippen LogP contribution in [0.5, 0.6) is 5.75 Å². The number of hydrogen-bond acceptors (Lipinski definition) is 3. The smallest absolute Gasteiger partial charge is 0.424 e. The zero-order valence-electron chi connectivity index (χ0n) is 8.47. The summed E-state index contributed by atoms with van der Waals surface area (Å²) in [5, 5.41) is 8.93. The molecule has 0 heterocycles. The minimum absolute atomic E-state index is 0.404. The van der Waals surface area contributed by atoms with E-state index in [2.05, 4.69) is 4.74 Å². The average molecular weight is 326 g/mol. The van der Waals surface area contributed by atoms with Crippen LogP contribution in [0, 0.1) is 10.1 Å². The number of halogens is 7. The quantitative estimate of drug-likeness (QED) is 0.469. The zero-order chi connectivity index (χ0) is 15.0. The maximum absolute atomic E-state index is 12.6. The minimum Gasteiger partial charge on any atom is -0.424 e. The van der Waals surface area contributed by atoms with E-state index in [-0.39, 0.29) is 0 Å². The summed E-state index contributed by atoms with van der Waals surface area (Å²) in [5.74, 6) is -1.13. The van der Waals surface area contributed by atoms with Gasteiger partial charge in [0.2, 0.25) is 0 Å². The van der Waals surface area contributed by atoms with Crippen LogP contribution >= 0.6 is 23.2 Å². The predicted molar refractivity (Wildman–Crippen MR) is 54.7 cm³/mol. The third-order valence-electron chi connectivity index (χ3n) is 1.77. The molecule has 0 radical (unpaired) electrons. The normalized spacial score (nSPS) is 12.4. The van der Waals surface area contributed by atoms with E-state index in [1.165, 1.54) is 0 Å². The van der Waals surface area contributed by atoms with Gasteiger partial charge in [-0.25, -0.2) is 0 Å². The first kappa shape index (κ1) is 15.7. The predicted octanol–water partition coefficient (Wildman–Crippen LogP) is 4.44. The van der Waals surface area contributed by atoms with Gasteiger partial charge in [-0.15, -0.1) is 0 Å². The topological polar surface area (TPSA) is 52.4 Å². The molecule has 1 rings (SSSR count). The van der Waals surface area contributed by atoms with Gasteiger partial charge >= 0.3 is 12.3 Å². The highest BCUT2D eigenvalue weighted by molar-refractivity contribution is 6.35. The molecule has 0 aliphatic rings. The van der Waals surface area contributed by atoms with E-state index in [9.17, 15) is 32.1 Å². The van der Waals surface area contributed by atoms with Gasteiger partial charge in [-0.2, -0.15) is 22.0 Å². The molecular formula is C8H2Cl2F5NO3. The number of nitro groups is 1. The molecule has 1 aromatic rings. The van der Waals surface area contributed by atoms with Crippen molar-refractivity contribution in [3.63, 3.8) is 0 Å². The Labute approximate surface area is 111 Å². The molecule has 0 aromatic heterocycles. The van der Waals surface area contributed by atoms with Crippen LogP contribution < -0.4 is 4.74 Å². The molecule has 106 valence electrons. The van der Waals surface area contributed by atoms with Gasteiger partial charge in [0.25, 0.3) is 5.69 Å². The Bertz CT molecular complexity index is 520. The summed E-state index contributed by atoms with van der Waals surface area (Å²) in [6.45, 7) is 0. The van der Waals surface area contributed by atoms with E-state index < -0.39 is 38.7 Å². The lowest BCUT2D eigenvalue weighted by Gasteiger charge is -2.20. The average Bonchev–Trinajstić information content (AvgIpc) is 2.20. The van der Waals surface area contributed by atoms with Crippen molar-refractivity contribution in [1.82, 2.24) is 0 Å². The zero-order valence-corrected chi connectivity index (χ0v) is 9.98. The van der Waals surface area contributed by atoms with Gasteiger partial charge in [0.1, 0.15) is 10.8 Å². The van der Waals surface area contributed by atoms with Gasteiger partial charge in [-0.05, 0) is 0 Å². The number of benzene rings is 1. The van der Waals surface area contributed by atoms with Crippen LogP contribution in [0.2, 0.25) is 10.0 Å². The van der Waals surface area contributed by atoms with Gasteiger partial charge in [0.05, 0.1) is 9.95 Å². The molecule has 11 heteroatoms. The second-order valence-corrected chi connectivity index (χ2v) is 3.92. The summed E-state index contributed by atoms with van der Waals surface area (Å²) in [4.78, 5) is 9.44. The van der Waals surface area contributed by atoms with E-state index in [4.69, 9.17) is 23.2 Å². The molecule has 0 saturated heterocycles. The highest BCUT2D eigenvalue weighted by atomic mass is 35.5. The minimum atomic E-state index is -5.97. The second kappa shape index (κ2) is 4.97. The van der Waals surface area contributed by atoms with Crippen LogP contribution in [-0.2, 0) is 0 Å². The second-order valence-electron chi connectivity index (χ2n) is 3.11. The molecule has 0 bridgehead atoms. The van der Waals surface area contributed by atoms with Crippen LogP contribution in [-0.4, -0.2) is 17.2 Å². The fourth-order valence-corrected chi connectivity index (χ4v) is 1.35. The van der Waals surface area contributed by atoms with Crippen molar-refractivity contribution in [2.75, 3.05) is 0 Å². The lowest BCUT2D eigenvalue weighted by molar-refractivity contribution is -0.384. The Morgan fingerprint density at radius 1 is 1.11 bits per heavy atom. The Morgan fingerprint density at radius 2 is 1.63 bits per heavy atom. The highest BCUT2D eigenvalue weighted by Gasteiger charge is 2.61. The van der Waals surface area contributed by atoms with E-state index >= 15 is 0 Å². The van der Waals surface area contributed by atoms with Gasteiger partial charge in [-0.1, -0.05) is 23.2 Å². The standard InChI is InChI=1S/C8H2Cl2F5NO3/c9-3-2-6(4(10)1-5(3)16(17)18)19-8(14,15)7(11,12)13/h1-2H. The van der Waals surface area contributed by atoms with Crippen LogP contribution in [0.4, 0.5) is 27.6 Å². The van der Waals surface area contributed by atoms with E-state index in [0.29, 0.717) is 12.1 Å². The van der Waals surface area contributed by atoms with Gasteiger partial charge in [0, 0.05) is 12.1 Å². The van der Waals surface area contributed by atoms with Crippen molar-refractivity contribution in [3.05, 3.63) is 32.3 Å². The molecule has 0 atom stereocenters. The van der Waals surface area contributed by atoms with Crippen LogP contribution in [0.15, 0.2) is 12.1 Å². The van der Waals surface area contributed by atoms with Crippen molar-refractivity contribution in [2.45, 2.75) is 12.3 Å². The summed E-state index contributed by atoms with van der Waals surface area (Å²) < 4.78 is 64.3. The maximum atomic E-state index is 12.6. The lowest BCUT2D eigenvalue weighted by Crippen LogP contribution is -2.41. The highest BCUT2D eigenvalue weighted by Crippen LogP contribution is 2.42. The van der Waals surface area contributed by atoms with Crippen molar-refractivity contribution < 1.29 is 31.6 Å². The van der Waals surface area contributed by atoms with Gasteiger partial charge in [-0.3, -0.25) is 10.1 Å². The third-order valence-corrected chi connectivity index (χ3v) is 2.36. The molecule has 0 unspecified atom stereocenters. The van der Waals surface area contributed by atoms with Gasteiger partial charge in [0.15, 0.2) is 0 Å². The molecule has 0 aliphatic carbocycles. The van der Waals surface area contributed by atoms with Crippen molar-refractivity contribution >= 4 is 28.9 Å². The van der Waals surface area contributed by atoms with Crippen LogP contribution in [0.1, 0.15) is 0 Å². The van der Waals surface area contributed by atoms with E-state index in [0.717, 1.165) is 0 Å². The fraction of sp³-hybridized carbons (Fsp3) is 0.250. The first-order chi connectivity index (χ1) is 8.45. The van der Waals surface area contributed by atoms with Crippen molar-refractivity contribution in [3.8, 4) is 5.75 Å². The lowest BCUT2D eigenvalue weighted by atomic mass is 10.3. The molecular weight excluding hydrogens is 324 g/mol. The van der Waals surface area contributed by atoms with Crippen LogP contribution in [0.25, 0.3) is 0 Å². The Hall–Kier alpha value is -1.35. The van der Waals surface area contributed by atoms with Crippen LogP contribution in [0.3, 0.4) is 0 Å². The first-order valence-corrected chi connectivity index (χ1v) is 4.98. The van der Waals surface area contributed by atoms with E-state index in [1.54, 1.807) is 0 Å². The van der Waals surface area contributed by atoms with Crippen molar-refractivity contribution in [1.29, 1.82) is 0 Å². The first-order valence-electron chi connectivity index (χ1n) is 4.22. The molecule has 0 saturated carbocycles. The number of nitrogens with zero attached hydrogens (tertiary/aromatic N) is 1. The molecule has 0 spiro atoms. The molecule has 1 aromatic carbocycles. The molecule has 0 aliphatic heterocycles. The van der Waals surface area contributed by atoms with Gasteiger partial charge < -0.3 is 4.74 Å². The molecule has 0 N–H and O–H groups in total. The summed E-state index contributed by atoms with van der Waals surface area (Å²) in [7, 11) is 0. The van der Waals surface area contributed by atoms with E-state index in [1.807, 2.05) is 0 Å². The summed E-state index contributed by atoms with van der Waals surface area (Å²) >= 11 is 10.6. The Kier molecular flexibility index (Phi) is 4.11. The maximum Gasteiger partial charge on any atom is 0.499 e. The fourth-order valence-electron chi connectivity index (χ4n) is 0.932. The monoisotopic (exact) mass is 325 g/mol. The summed E-state index contributed by atoms with van der Waals surface area (Å²) in [5.41, 5.74) is -0.755. The Balaban J connectivity index is 3.18.